The maximum Gasteiger partial charge on any atom is 0.0758 e. The normalized spacial score (nSPS) is 25.4. The van der Waals surface area contributed by atoms with Crippen molar-refractivity contribution in [2.24, 2.45) is 11.3 Å². The molecule has 1 rings (SSSR count). The van der Waals surface area contributed by atoms with Gasteiger partial charge < -0.3 is 10.4 Å². The quantitative estimate of drug-likeness (QED) is 0.711. The number of nitrogens with one attached hydrogen (secondary N) is 1. The van der Waals surface area contributed by atoms with E-state index in [2.05, 4.69) is 37.9 Å². The average molecular weight is 270 g/mol. The van der Waals surface area contributed by atoms with Gasteiger partial charge in [-0.3, -0.25) is 4.90 Å². The van der Waals surface area contributed by atoms with E-state index in [9.17, 15) is 5.11 Å². The molecule has 0 radical (unpaired) electrons. The molecule has 0 spiro atoms. The number of hydrogen-bond donors (Lipinski definition) is 2. The largest absolute Gasteiger partial charge is 0.389 e. The first-order valence-corrected chi connectivity index (χ1v) is 7.98. The second-order valence-electron chi connectivity index (χ2n) is 7.19. The van der Waals surface area contributed by atoms with Crippen molar-refractivity contribution in [3.05, 3.63) is 0 Å². The first-order valence-electron chi connectivity index (χ1n) is 7.98. The minimum absolute atomic E-state index is 0.356. The van der Waals surface area contributed by atoms with Gasteiger partial charge in [0.05, 0.1) is 5.60 Å². The Morgan fingerprint density at radius 2 is 1.95 bits per heavy atom. The van der Waals surface area contributed by atoms with Crippen LogP contribution in [-0.2, 0) is 0 Å². The summed E-state index contributed by atoms with van der Waals surface area (Å²) in [6.07, 6.45) is 3.32. The van der Waals surface area contributed by atoms with Crippen LogP contribution >= 0.6 is 0 Å². The molecule has 1 atom stereocenters. The maximum atomic E-state index is 10.1. The Morgan fingerprint density at radius 1 is 1.32 bits per heavy atom. The van der Waals surface area contributed by atoms with E-state index in [0.717, 1.165) is 39.1 Å². The van der Waals surface area contributed by atoms with Crippen LogP contribution in [0.15, 0.2) is 0 Å². The molecule has 0 aromatic carbocycles. The molecule has 114 valence electrons. The SMILES string of the molecule is CCC(CC)(CNCC(C)C)CN1CCC(C)(O)C1. The number of nitrogens with zero attached hydrogens (tertiary/aromatic N) is 1. The molecular weight excluding hydrogens is 236 g/mol. The summed E-state index contributed by atoms with van der Waals surface area (Å²) in [5.74, 6) is 0.707. The van der Waals surface area contributed by atoms with Gasteiger partial charge >= 0.3 is 0 Å². The third-order valence-electron chi connectivity index (χ3n) is 4.64. The van der Waals surface area contributed by atoms with Crippen LogP contribution in [0.5, 0.6) is 0 Å². The molecule has 0 aromatic rings. The number of hydrogen-bond acceptors (Lipinski definition) is 3. The van der Waals surface area contributed by atoms with Gasteiger partial charge in [0.15, 0.2) is 0 Å². The fourth-order valence-corrected chi connectivity index (χ4v) is 3.05. The zero-order valence-corrected chi connectivity index (χ0v) is 13.6. The van der Waals surface area contributed by atoms with Gasteiger partial charge in [-0.1, -0.05) is 27.7 Å². The fourth-order valence-electron chi connectivity index (χ4n) is 3.05. The predicted molar refractivity (Wildman–Crippen MR) is 82.4 cm³/mol. The monoisotopic (exact) mass is 270 g/mol. The number of β-amino-alcohol motifs (C(OH)–C–C–N with tert-alkyl or cyclic N) is 1. The summed E-state index contributed by atoms with van der Waals surface area (Å²) in [6, 6.07) is 0. The number of aliphatic hydroxyl groups is 1. The number of rotatable bonds is 8. The van der Waals surface area contributed by atoms with Crippen molar-refractivity contribution in [2.45, 2.75) is 59.5 Å². The molecule has 3 nitrogen and oxygen atoms in total. The summed E-state index contributed by atoms with van der Waals surface area (Å²) in [5, 5.41) is 13.7. The summed E-state index contributed by atoms with van der Waals surface area (Å²) in [7, 11) is 0. The Morgan fingerprint density at radius 3 is 2.37 bits per heavy atom. The van der Waals surface area contributed by atoms with Gasteiger partial charge in [-0.25, -0.2) is 0 Å². The van der Waals surface area contributed by atoms with Gasteiger partial charge in [0.2, 0.25) is 0 Å². The molecule has 0 saturated carbocycles. The summed E-state index contributed by atoms with van der Waals surface area (Å²) in [4.78, 5) is 2.45. The minimum atomic E-state index is -0.474. The van der Waals surface area contributed by atoms with E-state index < -0.39 is 5.60 Å². The zero-order chi connectivity index (χ0) is 14.5. The maximum absolute atomic E-state index is 10.1. The lowest BCUT2D eigenvalue weighted by Gasteiger charge is -2.36. The van der Waals surface area contributed by atoms with Crippen LogP contribution in [0.3, 0.4) is 0 Å². The van der Waals surface area contributed by atoms with E-state index in [1.54, 1.807) is 0 Å². The van der Waals surface area contributed by atoms with Crippen LogP contribution in [0.1, 0.15) is 53.9 Å². The zero-order valence-electron chi connectivity index (χ0n) is 13.6. The molecule has 1 aliphatic rings. The van der Waals surface area contributed by atoms with Gasteiger partial charge in [-0.2, -0.15) is 0 Å². The highest BCUT2D eigenvalue weighted by Crippen LogP contribution is 2.30. The van der Waals surface area contributed by atoms with Gasteiger partial charge in [-0.15, -0.1) is 0 Å². The standard InChI is InChI=1S/C16H34N2O/c1-6-16(7-2,11-17-10-14(3)4)13-18-9-8-15(5,19)12-18/h14,17,19H,6-13H2,1-5H3. The molecule has 19 heavy (non-hydrogen) atoms. The minimum Gasteiger partial charge on any atom is -0.389 e. The third kappa shape index (κ3) is 5.41. The highest BCUT2D eigenvalue weighted by Gasteiger charge is 2.36. The summed E-state index contributed by atoms with van der Waals surface area (Å²) < 4.78 is 0. The molecule has 0 bridgehead atoms. The van der Waals surface area contributed by atoms with Crippen molar-refractivity contribution in [1.29, 1.82) is 0 Å². The first kappa shape index (κ1) is 16.9. The summed E-state index contributed by atoms with van der Waals surface area (Å²) in [6.45, 7) is 16.2. The van der Waals surface area contributed by atoms with Crippen molar-refractivity contribution < 1.29 is 5.11 Å². The molecular formula is C16H34N2O. The van der Waals surface area contributed by atoms with Gasteiger partial charge in [0.25, 0.3) is 0 Å². The predicted octanol–water partition coefficient (Wildman–Crippen LogP) is 2.50. The average Bonchev–Trinajstić information content (AvgIpc) is 2.67. The van der Waals surface area contributed by atoms with Crippen LogP contribution in [-0.4, -0.2) is 48.3 Å². The van der Waals surface area contributed by atoms with Crippen molar-refractivity contribution in [3.8, 4) is 0 Å². The lowest BCUT2D eigenvalue weighted by molar-refractivity contribution is 0.0590. The summed E-state index contributed by atoms with van der Waals surface area (Å²) in [5.41, 5.74) is -0.117. The van der Waals surface area contributed by atoms with Crippen molar-refractivity contribution in [1.82, 2.24) is 10.2 Å². The van der Waals surface area contributed by atoms with Crippen molar-refractivity contribution in [3.63, 3.8) is 0 Å². The van der Waals surface area contributed by atoms with Crippen molar-refractivity contribution in [2.75, 3.05) is 32.7 Å². The molecule has 3 heteroatoms. The molecule has 0 aromatic heterocycles. The first-order chi connectivity index (χ1) is 8.82. The van der Waals surface area contributed by atoms with E-state index in [0.29, 0.717) is 11.3 Å². The smallest absolute Gasteiger partial charge is 0.0758 e. The van der Waals surface area contributed by atoms with E-state index in [1.807, 2.05) is 6.92 Å². The van der Waals surface area contributed by atoms with Crippen LogP contribution in [0.2, 0.25) is 0 Å². The van der Waals surface area contributed by atoms with Gasteiger partial charge in [-0.05, 0) is 44.1 Å². The fraction of sp³-hybridized carbons (Fsp3) is 1.00. The lowest BCUT2D eigenvalue weighted by atomic mass is 9.81. The van der Waals surface area contributed by atoms with E-state index in [4.69, 9.17) is 0 Å². The van der Waals surface area contributed by atoms with E-state index >= 15 is 0 Å². The second kappa shape index (κ2) is 7.05. The molecule has 1 saturated heterocycles. The summed E-state index contributed by atoms with van der Waals surface area (Å²) >= 11 is 0. The highest BCUT2D eigenvalue weighted by atomic mass is 16.3. The molecule has 0 amide bonds. The molecule has 0 aliphatic carbocycles. The van der Waals surface area contributed by atoms with Crippen LogP contribution in [0.4, 0.5) is 0 Å². The Labute approximate surface area is 119 Å². The molecule has 1 heterocycles. The third-order valence-corrected chi connectivity index (χ3v) is 4.64. The van der Waals surface area contributed by atoms with Crippen LogP contribution in [0.25, 0.3) is 0 Å². The topological polar surface area (TPSA) is 35.5 Å². The number of likely N-dealkylation sites (tertiary alicyclic amines) is 1. The van der Waals surface area contributed by atoms with Crippen molar-refractivity contribution >= 4 is 0 Å². The Hall–Kier alpha value is -0.120. The van der Waals surface area contributed by atoms with Gasteiger partial charge in [0, 0.05) is 26.2 Å². The molecule has 2 N–H and O–H groups in total. The molecule has 1 aliphatic heterocycles. The van der Waals surface area contributed by atoms with E-state index in [-0.39, 0.29) is 0 Å². The Balaban J connectivity index is 2.51. The van der Waals surface area contributed by atoms with E-state index in [1.165, 1.54) is 12.8 Å². The second-order valence-corrected chi connectivity index (χ2v) is 7.19. The van der Waals surface area contributed by atoms with Gasteiger partial charge in [0.1, 0.15) is 0 Å². The van der Waals surface area contributed by atoms with Crippen LogP contribution in [0, 0.1) is 11.3 Å². The highest BCUT2D eigenvalue weighted by molar-refractivity contribution is 4.91. The molecule has 1 fully saturated rings. The Kier molecular flexibility index (Phi) is 6.28. The Bertz CT molecular complexity index is 259. The molecule has 1 unspecified atom stereocenters. The lowest BCUT2D eigenvalue weighted by Crippen LogP contribution is -2.44. The van der Waals surface area contributed by atoms with Crippen LogP contribution < -0.4 is 5.32 Å².